The van der Waals surface area contributed by atoms with Gasteiger partial charge in [-0.2, -0.15) is 0 Å². The van der Waals surface area contributed by atoms with Crippen molar-refractivity contribution in [2.45, 2.75) is 38.1 Å². The Bertz CT molecular complexity index is 705. The van der Waals surface area contributed by atoms with Gasteiger partial charge >= 0.3 is 0 Å². The van der Waals surface area contributed by atoms with Crippen LogP contribution in [0.2, 0.25) is 0 Å². The average molecular weight is 393 g/mol. The van der Waals surface area contributed by atoms with Crippen molar-refractivity contribution in [2.75, 3.05) is 26.5 Å². The maximum atomic E-state index is 13.0. The predicted octanol–water partition coefficient (Wildman–Crippen LogP) is 2.83. The summed E-state index contributed by atoms with van der Waals surface area (Å²) in [5.41, 5.74) is 0.950. The molecule has 1 aliphatic carbocycles. The fourth-order valence-corrected chi connectivity index (χ4v) is 4.63. The highest BCUT2D eigenvalue weighted by molar-refractivity contribution is 7.99. The van der Waals surface area contributed by atoms with Gasteiger partial charge in [0.25, 0.3) is 0 Å². The number of rotatable bonds is 7. The molecule has 148 valence electrons. The number of ether oxygens (including phenoxy) is 2. The Morgan fingerprint density at radius 2 is 1.93 bits per heavy atom. The summed E-state index contributed by atoms with van der Waals surface area (Å²) in [6.45, 7) is 4.74. The van der Waals surface area contributed by atoms with E-state index in [4.69, 9.17) is 9.47 Å². The second-order valence-corrected chi connectivity index (χ2v) is 8.59. The van der Waals surface area contributed by atoms with Gasteiger partial charge in [-0.05, 0) is 36.5 Å². The lowest BCUT2D eigenvalue weighted by molar-refractivity contribution is -0.140. The van der Waals surface area contributed by atoms with Gasteiger partial charge in [0.05, 0.1) is 14.2 Å². The van der Waals surface area contributed by atoms with Gasteiger partial charge in [-0.15, -0.1) is 11.8 Å². The molecule has 0 spiro atoms. The van der Waals surface area contributed by atoms with Gasteiger partial charge in [-0.25, -0.2) is 0 Å². The van der Waals surface area contributed by atoms with Crippen LogP contribution in [0.4, 0.5) is 0 Å². The molecule has 2 unspecified atom stereocenters. The molecule has 1 aromatic carbocycles. The minimum atomic E-state index is -0.431. The fraction of sp³-hybridized carbons (Fsp3) is 0.600. The van der Waals surface area contributed by atoms with Crippen molar-refractivity contribution in [3.63, 3.8) is 0 Å². The van der Waals surface area contributed by atoms with Crippen molar-refractivity contribution >= 4 is 23.6 Å². The second kappa shape index (κ2) is 8.42. The van der Waals surface area contributed by atoms with Crippen LogP contribution in [-0.4, -0.2) is 49.3 Å². The van der Waals surface area contributed by atoms with Crippen LogP contribution in [0.1, 0.15) is 37.6 Å². The molecule has 1 saturated carbocycles. The first-order valence-electron chi connectivity index (χ1n) is 9.39. The molecule has 0 bridgehead atoms. The molecule has 3 rings (SSSR count). The first-order chi connectivity index (χ1) is 13.0. The molecule has 2 fully saturated rings. The van der Waals surface area contributed by atoms with Gasteiger partial charge in [-0.1, -0.05) is 19.9 Å². The van der Waals surface area contributed by atoms with E-state index >= 15 is 0 Å². The van der Waals surface area contributed by atoms with Gasteiger partial charge in [0.2, 0.25) is 11.8 Å². The predicted molar refractivity (Wildman–Crippen MR) is 106 cm³/mol. The fourth-order valence-electron chi connectivity index (χ4n) is 3.20. The van der Waals surface area contributed by atoms with E-state index in [1.54, 1.807) is 30.9 Å². The Morgan fingerprint density at radius 3 is 2.52 bits per heavy atom. The van der Waals surface area contributed by atoms with Crippen molar-refractivity contribution < 1.29 is 19.1 Å². The van der Waals surface area contributed by atoms with Gasteiger partial charge < -0.3 is 19.7 Å². The molecule has 1 heterocycles. The minimum absolute atomic E-state index is 0.0618. The van der Waals surface area contributed by atoms with Crippen LogP contribution in [0.25, 0.3) is 0 Å². The Kier molecular flexibility index (Phi) is 6.19. The number of methoxy groups -OCH3 is 2. The van der Waals surface area contributed by atoms with Crippen LogP contribution in [0.5, 0.6) is 11.5 Å². The molecule has 0 aromatic heterocycles. The molecule has 1 saturated heterocycles. The SMILES string of the molecule is COc1ccc(C2SCC(C(=O)NCC(C)C)N2C(=O)C2CC2)cc1OC. The maximum Gasteiger partial charge on any atom is 0.243 e. The molecule has 2 atom stereocenters. The standard InChI is InChI=1S/C20H28N2O4S/c1-12(2)10-21-18(23)15-11-27-20(22(15)19(24)13-5-6-13)14-7-8-16(25-3)17(9-14)26-4/h7-9,12-13,15,20H,5-6,10-11H2,1-4H3,(H,21,23). The number of carbonyl (C=O) groups is 2. The number of carbonyl (C=O) groups excluding carboxylic acids is 2. The van der Waals surface area contributed by atoms with Crippen LogP contribution >= 0.6 is 11.8 Å². The van der Waals surface area contributed by atoms with Crippen LogP contribution < -0.4 is 14.8 Å². The van der Waals surface area contributed by atoms with E-state index in [2.05, 4.69) is 19.2 Å². The van der Waals surface area contributed by atoms with E-state index in [1.165, 1.54) is 0 Å². The smallest absolute Gasteiger partial charge is 0.243 e. The van der Waals surface area contributed by atoms with E-state index < -0.39 is 6.04 Å². The van der Waals surface area contributed by atoms with Crippen LogP contribution in [-0.2, 0) is 9.59 Å². The van der Waals surface area contributed by atoms with E-state index in [-0.39, 0.29) is 23.1 Å². The van der Waals surface area contributed by atoms with E-state index in [1.807, 2.05) is 18.2 Å². The zero-order valence-corrected chi connectivity index (χ0v) is 17.2. The third kappa shape index (κ3) is 4.34. The third-order valence-corrected chi connectivity index (χ3v) is 6.18. The first-order valence-corrected chi connectivity index (χ1v) is 10.4. The summed E-state index contributed by atoms with van der Waals surface area (Å²) >= 11 is 1.63. The number of nitrogens with one attached hydrogen (secondary N) is 1. The monoisotopic (exact) mass is 392 g/mol. The normalized spacial score (nSPS) is 22.0. The summed E-state index contributed by atoms with van der Waals surface area (Å²) in [6, 6.07) is 5.26. The van der Waals surface area contributed by atoms with Crippen molar-refractivity contribution in [2.24, 2.45) is 11.8 Å². The molecule has 7 heteroatoms. The lowest BCUT2D eigenvalue weighted by Crippen LogP contribution is -2.49. The van der Waals surface area contributed by atoms with Crippen LogP contribution in [0.15, 0.2) is 18.2 Å². The lowest BCUT2D eigenvalue weighted by Gasteiger charge is -2.29. The van der Waals surface area contributed by atoms with E-state index in [0.29, 0.717) is 29.7 Å². The lowest BCUT2D eigenvalue weighted by atomic mass is 10.1. The molecule has 6 nitrogen and oxygen atoms in total. The molecule has 2 amide bonds. The zero-order chi connectivity index (χ0) is 19.6. The number of hydrogen-bond acceptors (Lipinski definition) is 5. The van der Waals surface area contributed by atoms with E-state index in [0.717, 1.165) is 18.4 Å². The Hall–Kier alpha value is -1.89. The molecular weight excluding hydrogens is 364 g/mol. The summed E-state index contributed by atoms with van der Waals surface area (Å²) < 4.78 is 10.7. The highest BCUT2D eigenvalue weighted by atomic mass is 32.2. The maximum absolute atomic E-state index is 13.0. The van der Waals surface area contributed by atoms with Gasteiger partial charge in [0.15, 0.2) is 11.5 Å². The van der Waals surface area contributed by atoms with Crippen molar-refractivity contribution in [1.29, 1.82) is 0 Å². The molecule has 1 aromatic rings. The quantitative estimate of drug-likeness (QED) is 0.773. The highest BCUT2D eigenvalue weighted by Gasteiger charge is 2.46. The van der Waals surface area contributed by atoms with Crippen molar-refractivity contribution in [1.82, 2.24) is 10.2 Å². The Balaban J connectivity index is 1.86. The summed E-state index contributed by atoms with van der Waals surface area (Å²) in [5.74, 6) is 2.33. The molecule has 0 radical (unpaired) electrons. The van der Waals surface area contributed by atoms with Gasteiger partial charge in [0, 0.05) is 18.2 Å². The average Bonchev–Trinajstić information content (AvgIpc) is 3.43. The molecular formula is C20H28N2O4S. The largest absolute Gasteiger partial charge is 0.493 e. The highest BCUT2D eigenvalue weighted by Crippen LogP contribution is 2.46. The summed E-state index contributed by atoms with van der Waals surface area (Å²) in [6.07, 6.45) is 1.83. The number of amides is 2. The summed E-state index contributed by atoms with van der Waals surface area (Å²) in [4.78, 5) is 27.5. The Labute approximate surface area is 165 Å². The van der Waals surface area contributed by atoms with Gasteiger partial charge in [-0.3, -0.25) is 9.59 Å². The summed E-state index contributed by atoms with van der Waals surface area (Å²) in [5, 5.41) is 2.80. The van der Waals surface area contributed by atoms with Crippen molar-refractivity contribution in [3.8, 4) is 11.5 Å². The number of hydrogen-bond donors (Lipinski definition) is 1. The topological polar surface area (TPSA) is 67.9 Å². The molecule has 1 N–H and O–H groups in total. The number of benzene rings is 1. The second-order valence-electron chi connectivity index (χ2n) is 7.47. The van der Waals surface area contributed by atoms with E-state index in [9.17, 15) is 9.59 Å². The molecule has 1 aliphatic heterocycles. The number of nitrogens with zero attached hydrogens (tertiary/aromatic N) is 1. The zero-order valence-electron chi connectivity index (χ0n) is 16.4. The van der Waals surface area contributed by atoms with Crippen LogP contribution in [0, 0.1) is 11.8 Å². The Morgan fingerprint density at radius 1 is 1.22 bits per heavy atom. The first kappa shape index (κ1) is 19.9. The van der Waals surface area contributed by atoms with Gasteiger partial charge in [0.1, 0.15) is 11.4 Å². The molecule has 27 heavy (non-hydrogen) atoms. The van der Waals surface area contributed by atoms with Crippen LogP contribution in [0.3, 0.4) is 0 Å². The van der Waals surface area contributed by atoms with Crippen molar-refractivity contribution in [3.05, 3.63) is 23.8 Å². The third-order valence-electron chi connectivity index (χ3n) is 4.86. The molecule has 2 aliphatic rings. The summed E-state index contributed by atoms with van der Waals surface area (Å²) in [7, 11) is 3.19. The minimum Gasteiger partial charge on any atom is -0.493 e. The number of thioether (sulfide) groups is 1.